The molecule has 122 valence electrons. The fourth-order valence-electron chi connectivity index (χ4n) is 2.81. The van der Waals surface area contributed by atoms with Crippen molar-refractivity contribution in [1.82, 2.24) is 14.9 Å². The van der Waals surface area contributed by atoms with Gasteiger partial charge < -0.3 is 10.2 Å². The third-order valence-corrected chi connectivity index (χ3v) is 3.96. The van der Waals surface area contributed by atoms with Crippen LogP contribution in [0.25, 0.3) is 0 Å². The Morgan fingerprint density at radius 3 is 2.75 bits per heavy atom. The minimum atomic E-state index is -0.0472. The van der Waals surface area contributed by atoms with Crippen LogP contribution in [-0.4, -0.2) is 33.9 Å². The normalized spacial score (nSPS) is 14.1. The molecule has 0 saturated carbocycles. The van der Waals surface area contributed by atoms with E-state index in [4.69, 9.17) is 5.26 Å². The first kappa shape index (κ1) is 15.9. The Bertz CT molecular complexity index is 790. The number of hydrogen-bond donors (Lipinski definition) is 1. The van der Waals surface area contributed by atoms with Crippen molar-refractivity contribution in [3.05, 3.63) is 47.4 Å². The molecule has 1 amide bonds. The minimum absolute atomic E-state index is 0.0472. The lowest BCUT2D eigenvalue weighted by molar-refractivity contribution is 0.0718. The van der Waals surface area contributed by atoms with E-state index in [1.807, 2.05) is 11.0 Å². The number of piperidine rings is 1. The summed E-state index contributed by atoms with van der Waals surface area (Å²) < 4.78 is 0. The number of rotatable bonds is 3. The predicted octanol–water partition coefficient (Wildman–Crippen LogP) is 3.03. The summed E-state index contributed by atoms with van der Waals surface area (Å²) in [6, 6.07) is 10.9. The van der Waals surface area contributed by atoms with Crippen LogP contribution in [0.15, 0.2) is 30.3 Å². The quantitative estimate of drug-likeness (QED) is 0.939. The molecule has 24 heavy (non-hydrogen) atoms. The van der Waals surface area contributed by atoms with Crippen LogP contribution in [0.1, 0.15) is 41.1 Å². The Labute approximate surface area is 141 Å². The van der Waals surface area contributed by atoms with Crippen LogP contribution in [0.4, 0.5) is 11.5 Å². The fraction of sp³-hybridized carbons (Fsp3) is 0.333. The van der Waals surface area contributed by atoms with Crippen LogP contribution in [0.3, 0.4) is 0 Å². The third kappa shape index (κ3) is 3.69. The maximum atomic E-state index is 12.6. The molecular formula is C18H19N5O. The number of nitrogens with zero attached hydrogens (tertiary/aromatic N) is 4. The Kier molecular flexibility index (Phi) is 4.71. The Morgan fingerprint density at radius 1 is 1.21 bits per heavy atom. The number of aromatic nitrogens is 2. The molecular weight excluding hydrogens is 302 g/mol. The summed E-state index contributed by atoms with van der Waals surface area (Å²) in [4.78, 5) is 23.1. The van der Waals surface area contributed by atoms with Crippen LogP contribution in [0.5, 0.6) is 0 Å². The molecule has 1 fully saturated rings. The number of anilines is 2. The van der Waals surface area contributed by atoms with Crippen LogP contribution < -0.4 is 5.32 Å². The topological polar surface area (TPSA) is 81.9 Å². The summed E-state index contributed by atoms with van der Waals surface area (Å²) >= 11 is 0. The Balaban J connectivity index is 1.83. The molecule has 1 aromatic carbocycles. The first-order valence-corrected chi connectivity index (χ1v) is 8.08. The number of aryl methyl sites for hydroxylation is 1. The van der Waals surface area contributed by atoms with Gasteiger partial charge in [0.25, 0.3) is 5.91 Å². The lowest BCUT2D eigenvalue weighted by Crippen LogP contribution is -2.36. The second-order valence-electron chi connectivity index (χ2n) is 5.86. The Hall–Kier alpha value is -2.94. The molecule has 2 heterocycles. The summed E-state index contributed by atoms with van der Waals surface area (Å²) in [5, 5.41) is 12.1. The van der Waals surface area contributed by atoms with E-state index in [0.717, 1.165) is 31.6 Å². The second kappa shape index (κ2) is 7.09. The SMILES string of the molecule is Cc1nc(Nc2cccc(C#N)c2)cc(C(=O)N2CCCCC2)n1. The number of nitriles is 1. The van der Waals surface area contributed by atoms with Gasteiger partial charge in [-0.3, -0.25) is 4.79 Å². The largest absolute Gasteiger partial charge is 0.340 e. The Morgan fingerprint density at radius 2 is 2.00 bits per heavy atom. The summed E-state index contributed by atoms with van der Waals surface area (Å²) in [6.07, 6.45) is 3.26. The van der Waals surface area contributed by atoms with E-state index in [1.165, 1.54) is 6.42 Å². The van der Waals surface area contributed by atoms with Crippen LogP contribution >= 0.6 is 0 Å². The molecule has 6 heteroatoms. The summed E-state index contributed by atoms with van der Waals surface area (Å²) in [6.45, 7) is 3.34. The smallest absolute Gasteiger partial charge is 0.272 e. The van der Waals surface area contributed by atoms with E-state index in [2.05, 4.69) is 21.4 Å². The van der Waals surface area contributed by atoms with Crippen molar-refractivity contribution in [3.8, 4) is 6.07 Å². The molecule has 0 spiro atoms. The molecule has 1 aromatic heterocycles. The summed E-state index contributed by atoms with van der Waals surface area (Å²) in [5.74, 6) is 1.05. The highest BCUT2D eigenvalue weighted by Crippen LogP contribution is 2.18. The highest BCUT2D eigenvalue weighted by atomic mass is 16.2. The van der Waals surface area contributed by atoms with Crippen LogP contribution in [-0.2, 0) is 0 Å². The number of carbonyl (C=O) groups excluding carboxylic acids is 1. The van der Waals surface area contributed by atoms with Gasteiger partial charge in [0.1, 0.15) is 17.3 Å². The van der Waals surface area contributed by atoms with Gasteiger partial charge in [0.2, 0.25) is 0 Å². The number of hydrogen-bond acceptors (Lipinski definition) is 5. The monoisotopic (exact) mass is 321 g/mol. The van der Waals surface area contributed by atoms with Crippen LogP contribution in [0, 0.1) is 18.3 Å². The first-order chi connectivity index (χ1) is 11.7. The van der Waals surface area contributed by atoms with Gasteiger partial charge in [-0.05, 0) is 44.4 Å². The standard InChI is InChI=1S/C18H19N5O/c1-13-20-16(18(24)23-8-3-2-4-9-23)11-17(21-13)22-15-7-5-6-14(10-15)12-19/h5-7,10-11H,2-4,8-9H2,1H3,(H,20,21,22). The molecule has 2 aromatic rings. The molecule has 0 radical (unpaired) electrons. The van der Waals surface area contributed by atoms with Gasteiger partial charge in [-0.2, -0.15) is 5.26 Å². The number of benzene rings is 1. The van der Waals surface area contributed by atoms with E-state index in [0.29, 0.717) is 22.9 Å². The number of nitrogens with one attached hydrogen (secondary N) is 1. The van der Waals surface area contributed by atoms with Gasteiger partial charge in [0, 0.05) is 24.8 Å². The fourth-order valence-corrected chi connectivity index (χ4v) is 2.81. The van der Waals surface area contributed by atoms with Crippen molar-refractivity contribution in [2.75, 3.05) is 18.4 Å². The highest BCUT2D eigenvalue weighted by Gasteiger charge is 2.20. The number of likely N-dealkylation sites (tertiary alicyclic amines) is 1. The van der Waals surface area contributed by atoms with Gasteiger partial charge in [-0.25, -0.2) is 9.97 Å². The lowest BCUT2D eigenvalue weighted by atomic mass is 10.1. The van der Waals surface area contributed by atoms with Gasteiger partial charge >= 0.3 is 0 Å². The number of amides is 1. The highest BCUT2D eigenvalue weighted by molar-refractivity contribution is 5.93. The third-order valence-electron chi connectivity index (χ3n) is 3.96. The van der Waals surface area contributed by atoms with Crippen molar-refractivity contribution in [2.45, 2.75) is 26.2 Å². The molecule has 1 aliphatic heterocycles. The number of carbonyl (C=O) groups is 1. The minimum Gasteiger partial charge on any atom is -0.340 e. The van der Waals surface area contributed by atoms with E-state index in [-0.39, 0.29) is 5.91 Å². The van der Waals surface area contributed by atoms with Crippen LogP contribution in [0.2, 0.25) is 0 Å². The molecule has 6 nitrogen and oxygen atoms in total. The van der Waals surface area contributed by atoms with Crippen molar-refractivity contribution in [2.24, 2.45) is 0 Å². The van der Waals surface area contributed by atoms with E-state index in [1.54, 1.807) is 31.2 Å². The zero-order chi connectivity index (χ0) is 16.9. The van der Waals surface area contributed by atoms with Crippen molar-refractivity contribution < 1.29 is 4.79 Å². The van der Waals surface area contributed by atoms with Crippen molar-refractivity contribution in [3.63, 3.8) is 0 Å². The molecule has 0 bridgehead atoms. The average Bonchev–Trinajstić information content (AvgIpc) is 2.61. The average molecular weight is 321 g/mol. The van der Waals surface area contributed by atoms with Crippen molar-refractivity contribution >= 4 is 17.4 Å². The van der Waals surface area contributed by atoms with Crippen molar-refractivity contribution in [1.29, 1.82) is 5.26 Å². The molecule has 0 aliphatic carbocycles. The van der Waals surface area contributed by atoms with Gasteiger partial charge in [0.15, 0.2) is 0 Å². The molecule has 1 saturated heterocycles. The zero-order valence-corrected chi connectivity index (χ0v) is 13.6. The molecule has 1 N–H and O–H groups in total. The van der Waals surface area contributed by atoms with Gasteiger partial charge in [-0.15, -0.1) is 0 Å². The first-order valence-electron chi connectivity index (χ1n) is 8.08. The second-order valence-corrected chi connectivity index (χ2v) is 5.86. The zero-order valence-electron chi connectivity index (χ0n) is 13.6. The van der Waals surface area contributed by atoms with Gasteiger partial charge in [-0.1, -0.05) is 6.07 Å². The summed E-state index contributed by atoms with van der Waals surface area (Å²) in [7, 11) is 0. The maximum absolute atomic E-state index is 12.6. The van der Waals surface area contributed by atoms with E-state index in [9.17, 15) is 4.79 Å². The lowest BCUT2D eigenvalue weighted by Gasteiger charge is -2.26. The van der Waals surface area contributed by atoms with E-state index < -0.39 is 0 Å². The summed E-state index contributed by atoms with van der Waals surface area (Å²) in [5.41, 5.74) is 1.72. The predicted molar refractivity (Wildman–Crippen MR) is 91.0 cm³/mol. The molecule has 3 rings (SSSR count). The maximum Gasteiger partial charge on any atom is 0.272 e. The molecule has 1 aliphatic rings. The molecule has 0 atom stereocenters. The molecule has 0 unspecified atom stereocenters. The van der Waals surface area contributed by atoms with Gasteiger partial charge in [0.05, 0.1) is 11.6 Å². The van der Waals surface area contributed by atoms with E-state index >= 15 is 0 Å².